The van der Waals surface area contributed by atoms with Gasteiger partial charge in [-0.2, -0.15) is 0 Å². The van der Waals surface area contributed by atoms with Crippen LogP contribution in [0.5, 0.6) is 0 Å². The molecule has 0 saturated heterocycles. The Hall–Kier alpha value is 0.200. The Kier molecular flexibility index (Phi) is 6.74. The fourth-order valence-corrected chi connectivity index (χ4v) is 2.16. The van der Waals surface area contributed by atoms with E-state index >= 15 is 0 Å². The molecule has 0 aromatic rings. The first-order chi connectivity index (χ1) is 6.43. The second kappa shape index (κ2) is 6.64. The Morgan fingerprint density at radius 2 is 1.86 bits per heavy atom. The molecule has 0 aliphatic heterocycles. The molecular weight excluding hydrogens is 222 g/mol. The topological polar surface area (TPSA) is 37.4 Å². The number of hydrogen-bond acceptors (Lipinski definition) is 3. The standard InChI is InChI=1S/C9H20ClNO2S/c1-4-14(12,13)8-7-11(6-5-10)9(2)3/h9H,4-8H2,1-3H3. The predicted molar refractivity (Wildman–Crippen MR) is 61.8 cm³/mol. The summed E-state index contributed by atoms with van der Waals surface area (Å²) in [6, 6.07) is 0.348. The van der Waals surface area contributed by atoms with E-state index in [9.17, 15) is 8.42 Å². The summed E-state index contributed by atoms with van der Waals surface area (Å²) in [6.07, 6.45) is 0. The van der Waals surface area contributed by atoms with Gasteiger partial charge in [0, 0.05) is 30.8 Å². The second-order valence-electron chi connectivity index (χ2n) is 3.56. The number of halogens is 1. The molecule has 3 nitrogen and oxygen atoms in total. The highest BCUT2D eigenvalue weighted by Crippen LogP contribution is 2.00. The molecule has 0 unspecified atom stereocenters. The third-order valence-electron chi connectivity index (χ3n) is 2.23. The Labute approximate surface area is 92.3 Å². The first-order valence-corrected chi connectivity index (χ1v) is 7.29. The normalized spacial score (nSPS) is 12.7. The van der Waals surface area contributed by atoms with Gasteiger partial charge in [-0.3, -0.25) is 4.90 Å². The van der Waals surface area contributed by atoms with Crippen LogP contribution in [-0.4, -0.2) is 49.8 Å². The Bertz CT molecular complexity index is 239. The highest BCUT2D eigenvalue weighted by atomic mass is 35.5. The van der Waals surface area contributed by atoms with Crippen molar-refractivity contribution in [3.8, 4) is 0 Å². The predicted octanol–water partition coefficient (Wildman–Crippen LogP) is 1.37. The molecule has 0 radical (unpaired) electrons. The average molecular weight is 242 g/mol. The van der Waals surface area contributed by atoms with Gasteiger partial charge in [0.2, 0.25) is 0 Å². The first-order valence-electron chi connectivity index (χ1n) is 4.93. The molecule has 0 spiro atoms. The van der Waals surface area contributed by atoms with Crippen molar-refractivity contribution in [2.75, 3.05) is 30.5 Å². The lowest BCUT2D eigenvalue weighted by Crippen LogP contribution is -2.36. The summed E-state index contributed by atoms with van der Waals surface area (Å²) in [5.74, 6) is 1.00. The molecule has 0 N–H and O–H groups in total. The van der Waals surface area contributed by atoms with Crippen LogP contribution in [0.25, 0.3) is 0 Å². The van der Waals surface area contributed by atoms with Crippen LogP contribution in [0.2, 0.25) is 0 Å². The summed E-state index contributed by atoms with van der Waals surface area (Å²) in [4.78, 5) is 2.08. The maximum absolute atomic E-state index is 11.3. The maximum Gasteiger partial charge on any atom is 0.151 e. The molecule has 0 saturated carbocycles. The zero-order chi connectivity index (χ0) is 11.2. The molecule has 0 bridgehead atoms. The minimum Gasteiger partial charge on any atom is -0.299 e. The van der Waals surface area contributed by atoms with E-state index in [4.69, 9.17) is 11.6 Å². The quantitative estimate of drug-likeness (QED) is 0.632. The van der Waals surface area contributed by atoms with Crippen LogP contribution in [0.3, 0.4) is 0 Å². The number of rotatable bonds is 7. The van der Waals surface area contributed by atoms with E-state index in [2.05, 4.69) is 4.90 Å². The van der Waals surface area contributed by atoms with E-state index in [1.165, 1.54) is 0 Å². The fraction of sp³-hybridized carbons (Fsp3) is 1.00. The molecule has 0 rings (SSSR count). The summed E-state index contributed by atoms with van der Waals surface area (Å²) in [6.45, 7) is 7.10. The van der Waals surface area contributed by atoms with Crippen molar-refractivity contribution in [2.24, 2.45) is 0 Å². The molecule has 0 aliphatic rings. The zero-order valence-corrected chi connectivity index (χ0v) is 10.7. The molecule has 0 aliphatic carbocycles. The molecule has 86 valence electrons. The average Bonchev–Trinajstić information content (AvgIpc) is 2.12. The summed E-state index contributed by atoms with van der Waals surface area (Å²) in [5.41, 5.74) is 0. The largest absolute Gasteiger partial charge is 0.299 e. The van der Waals surface area contributed by atoms with Gasteiger partial charge < -0.3 is 0 Å². The molecule has 0 aromatic carbocycles. The van der Waals surface area contributed by atoms with Gasteiger partial charge >= 0.3 is 0 Å². The van der Waals surface area contributed by atoms with Crippen molar-refractivity contribution in [2.45, 2.75) is 26.8 Å². The third kappa shape index (κ3) is 5.83. The summed E-state index contributed by atoms with van der Waals surface area (Å²) in [7, 11) is -2.85. The van der Waals surface area contributed by atoms with Gasteiger partial charge in [0.15, 0.2) is 9.84 Å². The third-order valence-corrected chi connectivity index (χ3v) is 4.08. The SMILES string of the molecule is CCS(=O)(=O)CCN(CCCl)C(C)C. The van der Waals surface area contributed by atoms with E-state index in [-0.39, 0.29) is 11.5 Å². The van der Waals surface area contributed by atoms with Gasteiger partial charge in [-0.15, -0.1) is 11.6 Å². The smallest absolute Gasteiger partial charge is 0.151 e. The molecule has 0 amide bonds. The number of nitrogens with zero attached hydrogens (tertiary/aromatic N) is 1. The minimum atomic E-state index is -2.85. The van der Waals surface area contributed by atoms with E-state index < -0.39 is 9.84 Å². The first kappa shape index (κ1) is 14.2. The summed E-state index contributed by atoms with van der Waals surface area (Å²) < 4.78 is 22.5. The molecule has 14 heavy (non-hydrogen) atoms. The number of sulfone groups is 1. The van der Waals surface area contributed by atoms with E-state index in [1.807, 2.05) is 13.8 Å². The molecular formula is C9H20ClNO2S. The molecule has 0 atom stereocenters. The Morgan fingerprint density at radius 1 is 1.29 bits per heavy atom. The van der Waals surface area contributed by atoms with Gasteiger partial charge in [0.25, 0.3) is 0 Å². The van der Waals surface area contributed by atoms with Crippen molar-refractivity contribution in [1.82, 2.24) is 4.90 Å². The van der Waals surface area contributed by atoms with Crippen LogP contribution < -0.4 is 0 Å². The Balaban J connectivity index is 4.06. The van der Waals surface area contributed by atoms with Gasteiger partial charge in [-0.1, -0.05) is 6.92 Å². The van der Waals surface area contributed by atoms with Crippen molar-refractivity contribution < 1.29 is 8.42 Å². The second-order valence-corrected chi connectivity index (χ2v) is 6.41. The molecule has 5 heteroatoms. The lowest BCUT2D eigenvalue weighted by atomic mass is 10.3. The summed E-state index contributed by atoms with van der Waals surface area (Å²) in [5, 5.41) is 0. The van der Waals surface area contributed by atoms with Gasteiger partial charge in [-0.25, -0.2) is 8.42 Å². The van der Waals surface area contributed by atoms with Gasteiger partial charge in [0.05, 0.1) is 5.75 Å². The monoisotopic (exact) mass is 241 g/mol. The highest BCUT2D eigenvalue weighted by molar-refractivity contribution is 7.91. The van der Waals surface area contributed by atoms with Crippen LogP contribution in [0.1, 0.15) is 20.8 Å². The highest BCUT2D eigenvalue weighted by Gasteiger charge is 2.13. The van der Waals surface area contributed by atoms with Crippen molar-refractivity contribution >= 4 is 21.4 Å². The van der Waals surface area contributed by atoms with E-state index in [0.29, 0.717) is 18.5 Å². The van der Waals surface area contributed by atoms with Crippen molar-refractivity contribution in [1.29, 1.82) is 0 Å². The van der Waals surface area contributed by atoms with Crippen LogP contribution in [0, 0.1) is 0 Å². The van der Waals surface area contributed by atoms with Crippen LogP contribution in [0.15, 0.2) is 0 Å². The van der Waals surface area contributed by atoms with E-state index in [1.54, 1.807) is 6.92 Å². The van der Waals surface area contributed by atoms with Crippen molar-refractivity contribution in [3.05, 3.63) is 0 Å². The number of alkyl halides is 1. The van der Waals surface area contributed by atoms with Gasteiger partial charge in [0.1, 0.15) is 0 Å². The maximum atomic E-state index is 11.3. The van der Waals surface area contributed by atoms with Crippen LogP contribution in [-0.2, 0) is 9.84 Å². The van der Waals surface area contributed by atoms with Gasteiger partial charge in [-0.05, 0) is 13.8 Å². The van der Waals surface area contributed by atoms with E-state index in [0.717, 1.165) is 6.54 Å². The molecule has 0 heterocycles. The molecule has 0 fully saturated rings. The zero-order valence-electron chi connectivity index (χ0n) is 9.16. The fourth-order valence-electron chi connectivity index (χ4n) is 1.14. The number of hydrogen-bond donors (Lipinski definition) is 0. The molecule has 0 aromatic heterocycles. The van der Waals surface area contributed by atoms with Crippen molar-refractivity contribution in [3.63, 3.8) is 0 Å². The Morgan fingerprint density at radius 3 is 2.21 bits per heavy atom. The van der Waals surface area contributed by atoms with Crippen LogP contribution >= 0.6 is 11.6 Å². The lowest BCUT2D eigenvalue weighted by Gasteiger charge is -2.25. The lowest BCUT2D eigenvalue weighted by molar-refractivity contribution is 0.249. The van der Waals surface area contributed by atoms with Crippen LogP contribution in [0.4, 0.5) is 0 Å². The minimum absolute atomic E-state index is 0.222. The summed E-state index contributed by atoms with van der Waals surface area (Å²) >= 11 is 5.63.